The molecular weight excluding hydrogens is 365 g/mol. The Morgan fingerprint density at radius 1 is 1.08 bits per heavy atom. The summed E-state index contributed by atoms with van der Waals surface area (Å²) in [5.74, 6) is 0. The highest BCUT2D eigenvalue weighted by molar-refractivity contribution is 6.33. The van der Waals surface area contributed by atoms with E-state index in [0.29, 0.717) is 5.56 Å². The second kappa shape index (κ2) is 6.68. The number of aromatic amines is 1. The maximum atomic E-state index is 12.9. The molecule has 7 heteroatoms. The minimum absolute atomic E-state index is 0.0552. The van der Waals surface area contributed by atoms with Gasteiger partial charge in [0.15, 0.2) is 0 Å². The zero-order valence-electron chi connectivity index (χ0n) is 14.1. The lowest BCUT2D eigenvalue weighted by atomic mass is 10.0. The van der Waals surface area contributed by atoms with E-state index in [9.17, 15) is 18.0 Å². The summed E-state index contributed by atoms with van der Waals surface area (Å²) in [6.07, 6.45) is -4.46. The van der Waals surface area contributed by atoms with E-state index >= 15 is 0 Å². The van der Waals surface area contributed by atoms with E-state index in [0.717, 1.165) is 34.2 Å². The van der Waals surface area contributed by atoms with Crippen LogP contribution in [0.3, 0.4) is 0 Å². The summed E-state index contributed by atoms with van der Waals surface area (Å²) in [6, 6.07) is 8.68. The van der Waals surface area contributed by atoms with Gasteiger partial charge in [0.1, 0.15) is 0 Å². The molecular formula is C19H16ClF3N2O. The molecule has 0 spiro atoms. The molecule has 0 fully saturated rings. The second-order valence-corrected chi connectivity index (χ2v) is 6.56. The van der Waals surface area contributed by atoms with Crippen LogP contribution >= 0.6 is 11.6 Å². The van der Waals surface area contributed by atoms with Crippen LogP contribution in [0.15, 0.2) is 41.2 Å². The first-order valence-corrected chi connectivity index (χ1v) is 8.27. The fraction of sp³-hybridized carbons (Fsp3) is 0.211. The van der Waals surface area contributed by atoms with E-state index < -0.39 is 11.7 Å². The van der Waals surface area contributed by atoms with Gasteiger partial charge in [-0.05, 0) is 49.2 Å². The zero-order valence-corrected chi connectivity index (χ0v) is 14.8. The first kappa shape index (κ1) is 18.3. The largest absolute Gasteiger partial charge is 0.416 e. The second-order valence-electron chi connectivity index (χ2n) is 6.16. The molecule has 0 saturated carbocycles. The number of hydrogen-bond acceptors (Lipinski definition) is 2. The van der Waals surface area contributed by atoms with Crippen LogP contribution in [0.5, 0.6) is 0 Å². The molecule has 2 N–H and O–H groups in total. The van der Waals surface area contributed by atoms with Gasteiger partial charge >= 0.3 is 6.18 Å². The Bertz CT molecular complexity index is 1040. The van der Waals surface area contributed by atoms with Gasteiger partial charge in [-0.15, -0.1) is 0 Å². The Kier molecular flexibility index (Phi) is 4.71. The van der Waals surface area contributed by atoms with Crippen LogP contribution in [0.4, 0.5) is 18.9 Å². The van der Waals surface area contributed by atoms with Crippen LogP contribution in [-0.4, -0.2) is 4.98 Å². The Labute approximate surface area is 152 Å². The number of anilines is 1. The number of pyridine rings is 1. The van der Waals surface area contributed by atoms with E-state index in [4.69, 9.17) is 11.6 Å². The number of hydrogen-bond donors (Lipinski definition) is 2. The number of aryl methyl sites for hydroxylation is 2. The van der Waals surface area contributed by atoms with Gasteiger partial charge in [-0.25, -0.2) is 0 Å². The van der Waals surface area contributed by atoms with Crippen molar-refractivity contribution in [3.8, 4) is 0 Å². The maximum absolute atomic E-state index is 12.9. The molecule has 136 valence electrons. The van der Waals surface area contributed by atoms with Gasteiger partial charge in [0.05, 0.1) is 21.8 Å². The molecule has 0 aliphatic heterocycles. The minimum Gasteiger partial charge on any atom is -0.380 e. The lowest BCUT2D eigenvalue weighted by Crippen LogP contribution is -2.16. The number of aromatic nitrogens is 1. The van der Waals surface area contributed by atoms with E-state index in [2.05, 4.69) is 10.3 Å². The summed E-state index contributed by atoms with van der Waals surface area (Å²) in [6.45, 7) is 3.89. The van der Waals surface area contributed by atoms with Gasteiger partial charge < -0.3 is 10.3 Å². The van der Waals surface area contributed by atoms with Crippen LogP contribution in [0.1, 0.15) is 22.3 Å². The number of rotatable bonds is 3. The number of nitrogens with one attached hydrogen (secondary N) is 2. The van der Waals surface area contributed by atoms with Crippen molar-refractivity contribution in [3.63, 3.8) is 0 Å². The molecule has 0 unspecified atom stereocenters. The topological polar surface area (TPSA) is 44.9 Å². The quantitative estimate of drug-likeness (QED) is 0.636. The van der Waals surface area contributed by atoms with Crippen LogP contribution < -0.4 is 10.9 Å². The first-order valence-electron chi connectivity index (χ1n) is 7.89. The molecule has 0 amide bonds. The summed E-state index contributed by atoms with van der Waals surface area (Å²) in [7, 11) is 0. The number of fused-ring (bicyclic) bond motifs is 1. The fourth-order valence-electron chi connectivity index (χ4n) is 2.78. The fourth-order valence-corrected chi connectivity index (χ4v) is 2.96. The third-order valence-electron chi connectivity index (χ3n) is 4.28. The molecule has 1 heterocycles. The minimum atomic E-state index is -4.46. The molecule has 3 rings (SSSR count). The van der Waals surface area contributed by atoms with E-state index in [1.165, 1.54) is 6.07 Å². The predicted octanol–water partition coefficient (Wildman–Crippen LogP) is 5.43. The van der Waals surface area contributed by atoms with Crippen LogP contribution in [0, 0.1) is 13.8 Å². The average Bonchev–Trinajstić information content (AvgIpc) is 2.57. The molecule has 2 aromatic carbocycles. The van der Waals surface area contributed by atoms with Crippen molar-refractivity contribution in [1.82, 2.24) is 4.98 Å². The highest BCUT2D eigenvalue weighted by Crippen LogP contribution is 2.34. The number of halogens is 4. The van der Waals surface area contributed by atoms with Gasteiger partial charge in [-0.3, -0.25) is 4.79 Å². The van der Waals surface area contributed by atoms with Crippen molar-refractivity contribution in [2.45, 2.75) is 26.6 Å². The van der Waals surface area contributed by atoms with Crippen molar-refractivity contribution in [3.05, 3.63) is 74.0 Å². The molecule has 0 saturated heterocycles. The Hall–Kier alpha value is -2.47. The Morgan fingerprint density at radius 2 is 1.77 bits per heavy atom. The summed E-state index contributed by atoms with van der Waals surface area (Å²) >= 11 is 5.98. The molecule has 0 aliphatic carbocycles. The van der Waals surface area contributed by atoms with Crippen LogP contribution in [0.25, 0.3) is 10.9 Å². The first-order chi connectivity index (χ1) is 12.2. The molecule has 0 bridgehead atoms. The van der Waals surface area contributed by atoms with Crippen LogP contribution in [-0.2, 0) is 12.7 Å². The van der Waals surface area contributed by atoms with E-state index in [-0.39, 0.29) is 22.8 Å². The van der Waals surface area contributed by atoms with E-state index in [1.54, 1.807) is 6.07 Å². The van der Waals surface area contributed by atoms with Crippen molar-refractivity contribution in [2.24, 2.45) is 0 Å². The maximum Gasteiger partial charge on any atom is 0.416 e. The molecule has 3 aromatic rings. The smallest absolute Gasteiger partial charge is 0.380 e. The lowest BCUT2D eigenvalue weighted by Gasteiger charge is -2.13. The summed E-state index contributed by atoms with van der Waals surface area (Å²) in [5, 5.41) is 3.88. The summed E-state index contributed by atoms with van der Waals surface area (Å²) < 4.78 is 38.6. The highest BCUT2D eigenvalue weighted by atomic mass is 35.5. The molecule has 26 heavy (non-hydrogen) atoms. The van der Waals surface area contributed by atoms with Gasteiger partial charge in [-0.1, -0.05) is 23.7 Å². The molecule has 1 aromatic heterocycles. The van der Waals surface area contributed by atoms with Crippen molar-refractivity contribution in [2.75, 3.05) is 5.32 Å². The van der Waals surface area contributed by atoms with Gasteiger partial charge in [0.2, 0.25) is 0 Å². The van der Waals surface area contributed by atoms with Crippen molar-refractivity contribution < 1.29 is 13.2 Å². The van der Waals surface area contributed by atoms with Crippen LogP contribution in [0.2, 0.25) is 5.02 Å². The lowest BCUT2D eigenvalue weighted by molar-refractivity contribution is -0.137. The summed E-state index contributed by atoms with van der Waals surface area (Å²) in [5.41, 5.74) is 2.16. The van der Waals surface area contributed by atoms with Gasteiger partial charge in [0, 0.05) is 17.5 Å². The van der Waals surface area contributed by atoms with Gasteiger partial charge in [0.25, 0.3) is 5.56 Å². The number of alkyl halides is 3. The highest BCUT2D eigenvalue weighted by Gasteiger charge is 2.30. The average molecular weight is 381 g/mol. The van der Waals surface area contributed by atoms with Gasteiger partial charge in [-0.2, -0.15) is 13.2 Å². The normalized spacial score (nSPS) is 11.8. The number of benzene rings is 2. The molecule has 0 aliphatic rings. The third-order valence-corrected chi connectivity index (χ3v) is 4.61. The number of H-pyrrole nitrogens is 1. The SMILES string of the molecule is Cc1ccc(C)c2[nH]c(=O)c(CNc3cc(C(F)(F)F)ccc3Cl)cc12. The molecule has 3 nitrogen and oxygen atoms in total. The Morgan fingerprint density at radius 3 is 2.46 bits per heavy atom. The zero-order chi connectivity index (χ0) is 19.1. The molecule has 0 radical (unpaired) electrons. The third kappa shape index (κ3) is 3.55. The van der Waals surface area contributed by atoms with Crippen molar-refractivity contribution in [1.29, 1.82) is 0 Å². The van der Waals surface area contributed by atoms with E-state index in [1.807, 2.05) is 26.0 Å². The van der Waals surface area contributed by atoms with Crippen molar-refractivity contribution >= 4 is 28.2 Å². The predicted molar refractivity (Wildman–Crippen MR) is 97.8 cm³/mol. The Balaban J connectivity index is 1.95. The molecule has 0 atom stereocenters. The summed E-state index contributed by atoms with van der Waals surface area (Å²) in [4.78, 5) is 15.2. The standard InChI is InChI=1S/C19H16ClF3N2O/c1-10-3-4-11(2)17-14(10)7-12(18(26)25-17)9-24-16-8-13(19(21,22)23)5-6-15(16)20/h3-8,24H,9H2,1-2H3,(H,25,26). The monoisotopic (exact) mass is 380 g/mol.